The topological polar surface area (TPSA) is 54.9 Å². The van der Waals surface area contributed by atoms with Gasteiger partial charge in [-0.25, -0.2) is 4.98 Å². The third-order valence-corrected chi connectivity index (χ3v) is 4.58. The van der Waals surface area contributed by atoms with E-state index in [1.54, 1.807) is 12.4 Å². The highest BCUT2D eigenvalue weighted by Crippen LogP contribution is 2.25. The van der Waals surface area contributed by atoms with Gasteiger partial charge in [-0.15, -0.1) is 0 Å². The van der Waals surface area contributed by atoms with E-state index < -0.39 is 0 Å². The van der Waals surface area contributed by atoms with Crippen LogP contribution in [0.3, 0.4) is 0 Å². The molecule has 4 rings (SSSR count). The van der Waals surface area contributed by atoms with Crippen molar-refractivity contribution in [1.82, 2.24) is 15.3 Å². The number of nitrogens with zero attached hydrogens (tertiary/aromatic N) is 2. The highest BCUT2D eigenvalue weighted by molar-refractivity contribution is 6.07. The number of hydrogen-bond donors (Lipinski definition) is 1. The van der Waals surface area contributed by atoms with Crippen molar-refractivity contribution < 1.29 is 4.79 Å². The molecule has 2 aromatic carbocycles. The number of hydrogen-bond acceptors (Lipinski definition) is 3. The number of carbonyl (C=O) groups excluding carboxylic acids is 1. The van der Waals surface area contributed by atoms with Crippen LogP contribution in [0.2, 0.25) is 0 Å². The van der Waals surface area contributed by atoms with Gasteiger partial charge in [-0.3, -0.25) is 9.78 Å². The molecule has 1 atom stereocenters. The van der Waals surface area contributed by atoms with E-state index in [4.69, 9.17) is 4.98 Å². The van der Waals surface area contributed by atoms with E-state index in [1.807, 2.05) is 79.7 Å². The van der Waals surface area contributed by atoms with E-state index in [0.29, 0.717) is 5.56 Å². The number of pyridine rings is 2. The minimum atomic E-state index is -0.111. The van der Waals surface area contributed by atoms with E-state index >= 15 is 0 Å². The van der Waals surface area contributed by atoms with Gasteiger partial charge in [0, 0.05) is 23.3 Å². The maximum absolute atomic E-state index is 13.1. The Labute approximate surface area is 157 Å². The van der Waals surface area contributed by atoms with Crippen LogP contribution in [0.15, 0.2) is 85.2 Å². The molecule has 1 unspecified atom stereocenters. The van der Waals surface area contributed by atoms with Gasteiger partial charge in [0.25, 0.3) is 5.91 Å². The molecule has 1 amide bonds. The number of carbonyl (C=O) groups is 1. The maximum atomic E-state index is 13.1. The van der Waals surface area contributed by atoms with Gasteiger partial charge in [0.1, 0.15) is 0 Å². The second kappa shape index (κ2) is 7.38. The predicted molar refractivity (Wildman–Crippen MR) is 107 cm³/mol. The third kappa shape index (κ3) is 3.55. The number of nitrogens with one attached hydrogen (secondary N) is 1. The molecule has 0 aliphatic heterocycles. The molecule has 0 saturated heterocycles. The largest absolute Gasteiger partial charge is 0.345 e. The van der Waals surface area contributed by atoms with E-state index in [9.17, 15) is 4.79 Å². The lowest BCUT2D eigenvalue weighted by Gasteiger charge is -2.16. The van der Waals surface area contributed by atoms with Crippen LogP contribution in [0.5, 0.6) is 0 Å². The Bertz CT molecular complexity index is 1080. The zero-order valence-corrected chi connectivity index (χ0v) is 15.0. The lowest BCUT2D eigenvalue weighted by molar-refractivity contribution is 0.0941. The maximum Gasteiger partial charge on any atom is 0.252 e. The summed E-state index contributed by atoms with van der Waals surface area (Å²) >= 11 is 0. The first-order valence-electron chi connectivity index (χ1n) is 8.88. The van der Waals surface area contributed by atoms with Crippen LogP contribution in [-0.2, 0) is 0 Å². The van der Waals surface area contributed by atoms with Gasteiger partial charge in [-0.1, -0.05) is 48.5 Å². The predicted octanol–water partition coefficient (Wildman–Crippen LogP) is 4.79. The molecule has 0 bridgehead atoms. The number of aromatic nitrogens is 2. The second-order valence-corrected chi connectivity index (χ2v) is 6.41. The summed E-state index contributed by atoms with van der Waals surface area (Å²) in [4.78, 5) is 21.8. The smallest absolute Gasteiger partial charge is 0.252 e. The second-order valence-electron chi connectivity index (χ2n) is 6.41. The standard InChI is InChI=1S/C23H19N3O/c1-16(17-7-3-2-4-8-17)25-23(27)20-15-22(18-11-13-24-14-12-18)26-21-10-6-5-9-19(20)21/h2-16H,1H3,(H,25,27). The fraction of sp³-hybridized carbons (Fsp3) is 0.0870. The summed E-state index contributed by atoms with van der Waals surface area (Å²) in [5.41, 5.74) is 4.17. The number of para-hydroxylation sites is 1. The Kier molecular flexibility index (Phi) is 4.62. The van der Waals surface area contributed by atoms with Gasteiger partial charge in [-0.05, 0) is 36.8 Å². The van der Waals surface area contributed by atoms with Gasteiger partial charge in [0.05, 0.1) is 22.8 Å². The number of amides is 1. The zero-order chi connectivity index (χ0) is 18.6. The van der Waals surface area contributed by atoms with Crippen LogP contribution in [0.4, 0.5) is 0 Å². The van der Waals surface area contributed by atoms with Gasteiger partial charge in [-0.2, -0.15) is 0 Å². The zero-order valence-electron chi connectivity index (χ0n) is 15.0. The molecule has 4 heteroatoms. The summed E-state index contributed by atoms with van der Waals surface area (Å²) < 4.78 is 0. The van der Waals surface area contributed by atoms with Crippen molar-refractivity contribution in [3.63, 3.8) is 0 Å². The Morgan fingerprint density at radius 2 is 1.63 bits per heavy atom. The molecule has 0 radical (unpaired) electrons. The van der Waals surface area contributed by atoms with Crippen molar-refractivity contribution in [1.29, 1.82) is 0 Å². The molecule has 0 fully saturated rings. The molecule has 0 spiro atoms. The van der Waals surface area contributed by atoms with Crippen LogP contribution in [0.25, 0.3) is 22.2 Å². The normalized spacial score (nSPS) is 11.9. The molecule has 27 heavy (non-hydrogen) atoms. The van der Waals surface area contributed by atoms with E-state index in [0.717, 1.165) is 27.7 Å². The summed E-state index contributed by atoms with van der Waals surface area (Å²) in [6.45, 7) is 1.99. The molecule has 4 aromatic rings. The number of rotatable bonds is 4. The molecule has 1 N–H and O–H groups in total. The molecule has 4 nitrogen and oxygen atoms in total. The van der Waals surface area contributed by atoms with Gasteiger partial charge in [0.2, 0.25) is 0 Å². The fourth-order valence-electron chi connectivity index (χ4n) is 3.13. The molecule has 132 valence electrons. The van der Waals surface area contributed by atoms with Crippen molar-refractivity contribution in [3.8, 4) is 11.3 Å². The van der Waals surface area contributed by atoms with Crippen LogP contribution < -0.4 is 5.32 Å². The Morgan fingerprint density at radius 3 is 2.41 bits per heavy atom. The molecule has 0 aliphatic rings. The average molecular weight is 353 g/mol. The van der Waals surface area contributed by atoms with Crippen LogP contribution in [0, 0.1) is 0 Å². The monoisotopic (exact) mass is 353 g/mol. The summed E-state index contributed by atoms with van der Waals surface area (Å²) in [6.07, 6.45) is 3.45. The lowest BCUT2D eigenvalue weighted by atomic mass is 10.0. The SMILES string of the molecule is CC(NC(=O)c1cc(-c2ccncc2)nc2ccccc12)c1ccccc1. The summed E-state index contributed by atoms with van der Waals surface area (Å²) in [5.74, 6) is -0.111. The quantitative estimate of drug-likeness (QED) is 0.574. The first-order valence-corrected chi connectivity index (χ1v) is 8.88. The summed E-state index contributed by atoms with van der Waals surface area (Å²) in [6, 6.07) is 23.2. The molecular weight excluding hydrogens is 334 g/mol. The highest BCUT2D eigenvalue weighted by Gasteiger charge is 2.16. The molecular formula is C23H19N3O. The van der Waals surface area contributed by atoms with Crippen LogP contribution >= 0.6 is 0 Å². The van der Waals surface area contributed by atoms with Crippen LogP contribution in [-0.4, -0.2) is 15.9 Å². The van der Waals surface area contributed by atoms with Crippen molar-refractivity contribution in [2.24, 2.45) is 0 Å². The van der Waals surface area contributed by atoms with Crippen molar-refractivity contribution in [2.45, 2.75) is 13.0 Å². The summed E-state index contributed by atoms with van der Waals surface area (Å²) in [7, 11) is 0. The molecule has 2 aromatic heterocycles. The lowest BCUT2D eigenvalue weighted by Crippen LogP contribution is -2.27. The Morgan fingerprint density at radius 1 is 0.926 bits per heavy atom. The average Bonchev–Trinajstić information content (AvgIpc) is 2.74. The van der Waals surface area contributed by atoms with Crippen molar-refractivity contribution >= 4 is 16.8 Å². The first-order chi connectivity index (χ1) is 13.2. The van der Waals surface area contributed by atoms with Gasteiger partial charge < -0.3 is 5.32 Å². The minimum Gasteiger partial charge on any atom is -0.345 e. The first kappa shape index (κ1) is 16.9. The van der Waals surface area contributed by atoms with E-state index in [-0.39, 0.29) is 11.9 Å². The van der Waals surface area contributed by atoms with E-state index in [1.165, 1.54) is 0 Å². The Balaban J connectivity index is 1.74. The fourth-order valence-corrected chi connectivity index (χ4v) is 3.13. The molecule has 2 heterocycles. The highest BCUT2D eigenvalue weighted by atomic mass is 16.1. The summed E-state index contributed by atoms with van der Waals surface area (Å²) in [5, 5.41) is 3.95. The van der Waals surface area contributed by atoms with Crippen LogP contribution in [0.1, 0.15) is 28.9 Å². The van der Waals surface area contributed by atoms with Crippen molar-refractivity contribution in [2.75, 3.05) is 0 Å². The Hall–Kier alpha value is -3.53. The minimum absolute atomic E-state index is 0.0880. The number of fused-ring (bicyclic) bond motifs is 1. The molecule has 0 aliphatic carbocycles. The van der Waals surface area contributed by atoms with E-state index in [2.05, 4.69) is 10.3 Å². The van der Waals surface area contributed by atoms with Gasteiger partial charge >= 0.3 is 0 Å². The van der Waals surface area contributed by atoms with Gasteiger partial charge in [0.15, 0.2) is 0 Å². The van der Waals surface area contributed by atoms with Crippen molar-refractivity contribution in [3.05, 3.63) is 96.3 Å². The third-order valence-electron chi connectivity index (χ3n) is 4.58. The number of benzene rings is 2. The molecule has 0 saturated carbocycles.